The molecule has 2 saturated heterocycles. The highest BCUT2D eigenvalue weighted by Gasteiger charge is 2.73. The van der Waals surface area contributed by atoms with Crippen molar-refractivity contribution in [2.45, 2.75) is 43.0 Å². The molecule has 1 spiro atoms. The van der Waals surface area contributed by atoms with Crippen LogP contribution in [0.15, 0.2) is 66.7 Å². The first kappa shape index (κ1) is 23.3. The maximum Gasteiger partial charge on any atom is 0.256 e. The Morgan fingerprint density at radius 3 is 2.64 bits per heavy atom. The summed E-state index contributed by atoms with van der Waals surface area (Å²) in [6.45, 7) is 0.871. The summed E-state index contributed by atoms with van der Waals surface area (Å²) in [4.78, 5) is 28.0. The predicted molar refractivity (Wildman–Crippen MR) is 137 cm³/mol. The molecule has 3 aromatic carbocycles. The molecule has 7 nitrogen and oxygen atoms in total. The van der Waals surface area contributed by atoms with Gasteiger partial charge in [0.25, 0.3) is 11.9 Å². The van der Waals surface area contributed by atoms with E-state index in [1.807, 2.05) is 42.5 Å². The minimum atomic E-state index is -1.35. The molecule has 1 N–H and O–H groups in total. The molecule has 3 aliphatic rings. The molecule has 184 valence electrons. The number of hydrogen-bond acceptors (Lipinski definition) is 5. The number of para-hydroxylation sites is 1. The summed E-state index contributed by atoms with van der Waals surface area (Å²) >= 11 is 12.9. The SMILES string of the molecule is O=C1Nc2ccccc2[C@]12[C@H]([N+](=O)[O-])[C@@H](c1ccc(OCc3ccccc3Cl)c(Cl)c1)[C@H]1CCCN12. The molecule has 0 aromatic heterocycles. The van der Waals surface area contributed by atoms with E-state index in [4.69, 9.17) is 27.9 Å². The van der Waals surface area contributed by atoms with Gasteiger partial charge in [0.05, 0.1) is 10.9 Å². The van der Waals surface area contributed by atoms with Crippen molar-refractivity contribution in [2.24, 2.45) is 0 Å². The van der Waals surface area contributed by atoms with Gasteiger partial charge in [0.2, 0.25) is 0 Å². The molecule has 0 unspecified atom stereocenters. The van der Waals surface area contributed by atoms with E-state index >= 15 is 0 Å². The Kier molecular flexibility index (Phi) is 5.67. The summed E-state index contributed by atoms with van der Waals surface area (Å²) in [5.41, 5.74) is 1.53. The first-order valence-electron chi connectivity index (χ1n) is 11.9. The Hall–Kier alpha value is -3.13. The number of benzene rings is 3. The standard InChI is InChI=1S/C27H23Cl2N3O4/c28-19-8-3-1-6-17(19)15-36-23-12-11-16(14-20(23)29)24-22-10-5-13-31(22)27(25(24)32(34)35)18-7-2-4-9-21(18)30-26(27)33/h1-4,6-9,11-12,14,22,24-25H,5,10,13,15H2,(H,30,33)/t22-,24+,25-,27+/m1/s1. The second kappa shape index (κ2) is 8.76. The molecular formula is C27H23Cl2N3O4. The number of rotatable bonds is 5. The first-order valence-corrected chi connectivity index (χ1v) is 12.7. The molecule has 0 aliphatic carbocycles. The largest absolute Gasteiger partial charge is 0.487 e. The van der Waals surface area contributed by atoms with Gasteiger partial charge in [0.1, 0.15) is 12.4 Å². The van der Waals surface area contributed by atoms with Crippen molar-refractivity contribution < 1.29 is 14.5 Å². The summed E-state index contributed by atoms with van der Waals surface area (Å²) < 4.78 is 5.91. The van der Waals surface area contributed by atoms with Crippen LogP contribution in [0.5, 0.6) is 5.75 Å². The number of hydrogen-bond donors (Lipinski definition) is 1. The zero-order valence-corrected chi connectivity index (χ0v) is 20.7. The van der Waals surface area contributed by atoms with Crippen LogP contribution < -0.4 is 10.1 Å². The lowest BCUT2D eigenvalue weighted by atomic mass is 9.77. The quantitative estimate of drug-likeness (QED) is 0.346. The Morgan fingerprint density at radius 1 is 1.08 bits per heavy atom. The van der Waals surface area contributed by atoms with E-state index < -0.39 is 17.5 Å². The van der Waals surface area contributed by atoms with Crippen molar-refractivity contribution in [3.05, 3.63) is 104 Å². The van der Waals surface area contributed by atoms with Gasteiger partial charge < -0.3 is 10.1 Å². The number of carbonyl (C=O) groups is 1. The van der Waals surface area contributed by atoms with E-state index in [0.29, 0.717) is 33.6 Å². The third-order valence-electron chi connectivity index (χ3n) is 7.78. The van der Waals surface area contributed by atoms with Gasteiger partial charge in [-0.05, 0) is 42.7 Å². The normalized spacial score (nSPS) is 26.6. The highest BCUT2D eigenvalue weighted by atomic mass is 35.5. The molecule has 3 aromatic rings. The number of fused-ring (bicyclic) bond motifs is 4. The molecule has 3 heterocycles. The molecule has 9 heteroatoms. The van der Waals surface area contributed by atoms with Gasteiger partial charge in [0.15, 0.2) is 5.54 Å². The second-order valence-corrected chi connectivity index (χ2v) is 10.3. The fourth-order valence-electron chi connectivity index (χ4n) is 6.39. The lowest BCUT2D eigenvalue weighted by Crippen LogP contribution is -2.55. The van der Waals surface area contributed by atoms with Crippen molar-refractivity contribution in [1.82, 2.24) is 4.90 Å². The van der Waals surface area contributed by atoms with Crippen LogP contribution in [-0.2, 0) is 16.9 Å². The molecule has 0 radical (unpaired) electrons. The van der Waals surface area contributed by atoms with Crippen LogP contribution in [0.4, 0.5) is 5.69 Å². The molecule has 2 fully saturated rings. The monoisotopic (exact) mass is 523 g/mol. The summed E-state index contributed by atoms with van der Waals surface area (Å²) in [6, 6.07) is 18.7. The average Bonchev–Trinajstić information content (AvgIpc) is 3.52. The van der Waals surface area contributed by atoms with Gasteiger partial charge in [0, 0.05) is 39.3 Å². The zero-order valence-electron chi connectivity index (χ0n) is 19.2. The topological polar surface area (TPSA) is 84.7 Å². The number of amides is 1. The summed E-state index contributed by atoms with van der Waals surface area (Å²) in [5.74, 6) is -0.363. The van der Waals surface area contributed by atoms with E-state index in [2.05, 4.69) is 10.2 Å². The van der Waals surface area contributed by atoms with E-state index in [1.54, 1.807) is 24.3 Å². The van der Waals surface area contributed by atoms with Crippen molar-refractivity contribution in [2.75, 3.05) is 11.9 Å². The van der Waals surface area contributed by atoms with Crippen LogP contribution in [0.1, 0.15) is 35.4 Å². The Balaban J connectivity index is 1.38. The zero-order chi connectivity index (χ0) is 25.0. The van der Waals surface area contributed by atoms with Crippen molar-refractivity contribution in [3.63, 3.8) is 0 Å². The molecule has 6 rings (SSSR count). The van der Waals surface area contributed by atoms with Crippen molar-refractivity contribution in [3.8, 4) is 5.75 Å². The molecule has 36 heavy (non-hydrogen) atoms. The Bertz CT molecular complexity index is 1380. The van der Waals surface area contributed by atoms with E-state index in [0.717, 1.165) is 24.0 Å². The van der Waals surface area contributed by atoms with E-state index in [-0.39, 0.29) is 23.5 Å². The Morgan fingerprint density at radius 2 is 1.86 bits per heavy atom. The molecule has 3 aliphatic heterocycles. The smallest absolute Gasteiger partial charge is 0.256 e. The number of halogens is 2. The van der Waals surface area contributed by atoms with Crippen molar-refractivity contribution in [1.29, 1.82) is 0 Å². The first-order chi connectivity index (χ1) is 17.4. The molecule has 1 amide bonds. The van der Waals surface area contributed by atoms with Gasteiger partial charge in [-0.25, -0.2) is 0 Å². The van der Waals surface area contributed by atoms with Crippen LogP contribution >= 0.6 is 23.2 Å². The van der Waals surface area contributed by atoms with E-state index in [1.165, 1.54) is 0 Å². The lowest BCUT2D eigenvalue weighted by Gasteiger charge is -2.32. The number of carbonyl (C=O) groups excluding carboxylic acids is 1. The molecule has 0 bridgehead atoms. The van der Waals surface area contributed by atoms with E-state index in [9.17, 15) is 14.9 Å². The van der Waals surface area contributed by atoms with Gasteiger partial charge in [-0.3, -0.25) is 19.8 Å². The number of anilines is 1. The number of nitro groups is 1. The molecular weight excluding hydrogens is 501 g/mol. The third kappa shape index (κ3) is 3.34. The predicted octanol–water partition coefficient (Wildman–Crippen LogP) is 5.63. The number of ether oxygens (including phenoxy) is 1. The molecule has 4 atom stereocenters. The summed E-state index contributed by atoms with van der Waals surface area (Å²) in [6.07, 6.45) is 1.64. The van der Waals surface area contributed by atoms with Crippen LogP contribution in [0.2, 0.25) is 10.0 Å². The van der Waals surface area contributed by atoms with Crippen molar-refractivity contribution >= 4 is 34.8 Å². The van der Waals surface area contributed by atoms with Gasteiger partial charge in [-0.1, -0.05) is 65.7 Å². The summed E-state index contributed by atoms with van der Waals surface area (Å²) in [7, 11) is 0. The van der Waals surface area contributed by atoms with Gasteiger partial charge >= 0.3 is 0 Å². The third-order valence-corrected chi connectivity index (χ3v) is 8.44. The molecule has 0 saturated carbocycles. The lowest BCUT2D eigenvalue weighted by molar-refractivity contribution is -0.534. The van der Waals surface area contributed by atoms with Crippen LogP contribution in [0, 0.1) is 10.1 Å². The Labute approximate surface area is 218 Å². The maximum absolute atomic E-state index is 13.5. The van der Waals surface area contributed by atoms with Gasteiger partial charge in [-0.15, -0.1) is 0 Å². The second-order valence-electron chi connectivity index (χ2n) is 9.49. The van der Waals surface area contributed by atoms with Crippen LogP contribution in [-0.4, -0.2) is 34.4 Å². The van der Waals surface area contributed by atoms with Crippen LogP contribution in [0.25, 0.3) is 0 Å². The maximum atomic E-state index is 13.5. The average molecular weight is 524 g/mol. The minimum Gasteiger partial charge on any atom is -0.487 e. The number of nitrogens with zero attached hydrogens (tertiary/aromatic N) is 2. The number of nitrogens with one attached hydrogen (secondary N) is 1. The summed E-state index contributed by atoms with van der Waals surface area (Å²) in [5, 5.41) is 16.6. The van der Waals surface area contributed by atoms with Crippen LogP contribution in [0.3, 0.4) is 0 Å². The minimum absolute atomic E-state index is 0.150. The fraction of sp³-hybridized carbons (Fsp3) is 0.296. The fourth-order valence-corrected chi connectivity index (χ4v) is 6.82. The van der Waals surface area contributed by atoms with Gasteiger partial charge in [-0.2, -0.15) is 0 Å². The highest BCUT2D eigenvalue weighted by molar-refractivity contribution is 6.32. The highest BCUT2D eigenvalue weighted by Crippen LogP contribution is 2.58.